The van der Waals surface area contributed by atoms with Crippen molar-refractivity contribution in [1.29, 1.82) is 0 Å². The Morgan fingerprint density at radius 1 is 1.12 bits per heavy atom. The van der Waals surface area contributed by atoms with Gasteiger partial charge in [0.15, 0.2) is 0 Å². The fourth-order valence-electron chi connectivity index (χ4n) is 2.29. The molecule has 0 aliphatic heterocycles. The van der Waals surface area contributed by atoms with Crippen LogP contribution in [-0.4, -0.2) is 22.4 Å². The van der Waals surface area contributed by atoms with Crippen molar-refractivity contribution in [2.45, 2.75) is 18.7 Å². The van der Waals surface area contributed by atoms with Crippen molar-refractivity contribution < 1.29 is 9.21 Å². The molecule has 0 aliphatic rings. The van der Waals surface area contributed by atoms with E-state index in [0.717, 1.165) is 21.6 Å². The maximum atomic E-state index is 12.4. The van der Waals surface area contributed by atoms with Gasteiger partial charge in [0.05, 0.1) is 0 Å². The minimum atomic E-state index is -0.260. The Morgan fingerprint density at radius 2 is 1.96 bits per heavy atom. The molecule has 0 fully saturated rings. The lowest BCUT2D eigenvalue weighted by molar-refractivity contribution is 0.102. The Bertz CT molecular complexity index is 889. The molecule has 5 nitrogen and oxygen atoms in total. The third kappa shape index (κ3) is 3.49. The maximum Gasteiger partial charge on any atom is 0.322 e. The number of nitrogens with zero attached hydrogens (tertiary/aromatic N) is 2. The van der Waals surface area contributed by atoms with Crippen molar-refractivity contribution in [3.05, 3.63) is 59.2 Å². The monoisotopic (exact) mass is 339 g/mol. The summed E-state index contributed by atoms with van der Waals surface area (Å²) in [5.74, 6) is 0.117. The van der Waals surface area contributed by atoms with E-state index in [4.69, 9.17) is 4.42 Å². The van der Waals surface area contributed by atoms with Crippen LogP contribution in [0.2, 0.25) is 0 Å². The number of hydrogen-bond acceptors (Lipinski definition) is 5. The zero-order valence-electron chi connectivity index (χ0n) is 13.7. The van der Waals surface area contributed by atoms with Gasteiger partial charge in [0.1, 0.15) is 0 Å². The van der Waals surface area contributed by atoms with Gasteiger partial charge in [-0.1, -0.05) is 28.9 Å². The highest BCUT2D eigenvalue weighted by atomic mass is 32.2. The first-order valence-electron chi connectivity index (χ1n) is 7.43. The van der Waals surface area contributed by atoms with Gasteiger partial charge in [-0.25, -0.2) is 0 Å². The summed E-state index contributed by atoms with van der Waals surface area (Å²) >= 11 is 1.64. The van der Waals surface area contributed by atoms with Crippen molar-refractivity contribution in [3.8, 4) is 11.5 Å². The van der Waals surface area contributed by atoms with E-state index < -0.39 is 0 Å². The Kier molecular flexibility index (Phi) is 4.66. The minimum absolute atomic E-state index is 0.0884. The van der Waals surface area contributed by atoms with Crippen LogP contribution in [-0.2, 0) is 0 Å². The van der Waals surface area contributed by atoms with E-state index in [9.17, 15) is 4.79 Å². The van der Waals surface area contributed by atoms with Gasteiger partial charge in [0, 0.05) is 16.0 Å². The molecule has 0 spiro atoms. The van der Waals surface area contributed by atoms with Gasteiger partial charge in [-0.2, -0.15) is 0 Å². The van der Waals surface area contributed by atoms with E-state index in [1.54, 1.807) is 11.8 Å². The average Bonchev–Trinajstić information content (AvgIpc) is 3.05. The molecule has 2 aromatic carbocycles. The first-order chi connectivity index (χ1) is 11.6. The molecule has 0 bridgehead atoms. The summed E-state index contributed by atoms with van der Waals surface area (Å²) in [6.07, 6.45) is 2.00. The van der Waals surface area contributed by atoms with Gasteiger partial charge in [-0.05, 0) is 49.9 Å². The van der Waals surface area contributed by atoms with Gasteiger partial charge in [-0.15, -0.1) is 16.9 Å². The number of nitrogens with one attached hydrogen (secondary N) is 1. The van der Waals surface area contributed by atoms with Crippen molar-refractivity contribution in [3.63, 3.8) is 0 Å². The Morgan fingerprint density at radius 3 is 2.75 bits per heavy atom. The first kappa shape index (κ1) is 16.3. The normalized spacial score (nSPS) is 10.6. The zero-order chi connectivity index (χ0) is 17.1. The summed E-state index contributed by atoms with van der Waals surface area (Å²) in [6, 6.07) is 13.6. The highest BCUT2D eigenvalue weighted by Crippen LogP contribution is 2.24. The van der Waals surface area contributed by atoms with E-state index in [1.807, 2.05) is 62.6 Å². The Labute approximate surface area is 144 Å². The second-order valence-electron chi connectivity index (χ2n) is 5.42. The van der Waals surface area contributed by atoms with Gasteiger partial charge >= 0.3 is 6.01 Å². The lowest BCUT2D eigenvalue weighted by Crippen LogP contribution is -2.13. The van der Waals surface area contributed by atoms with Crippen LogP contribution in [0.25, 0.3) is 11.5 Å². The zero-order valence-corrected chi connectivity index (χ0v) is 14.5. The van der Waals surface area contributed by atoms with Crippen molar-refractivity contribution in [1.82, 2.24) is 10.2 Å². The number of aromatic nitrogens is 2. The number of carbonyl (C=O) groups excluding carboxylic acids is 1. The van der Waals surface area contributed by atoms with Crippen molar-refractivity contribution in [2.24, 2.45) is 0 Å². The van der Waals surface area contributed by atoms with Crippen LogP contribution in [0.3, 0.4) is 0 Å². The molecule has 0 saturated heterocycles. The second kappa shape index (κ2) is 6.88. The number of anilines is 1. The van der Waals surface area contributed by atoms with E-state index in [2.05, 4.69) is 15.5 Å². The summed E-state index contributed by atoms with van der Waals surface area (Å²) in [7, 11) is 0. The van der Waals surface area contributed by atoms with Crippen molar-refractivity contribution >= 4 is 23.7 Å². The van der Waals surface area contributed by atoms with Crippen LogP contribution in [0.1, 0.15) is 21.5 Å². The summed E-state index contributed by atoms with van der Waals surface area (Å²) < 4.78 is 5.57. The second-order valence-corrected chi connectivity index (χ2v) is 6.30. The number of thioether (sulfide) groups is 1. The number of hydrogen-bond donors (Lipinski definition) is 1. The van der Waals surface area contributed by atoms with Crippen LogP contribution in [0, 0.1) is 13.8 Å². The fourth-order valence-corrected chi connectivity index (χ4v) is 2.75. The Hall–Kier alpha value is -2.60. The molecule has 1 heterocycles. The third-order valence-electron chi connectivity index (χ3n) is 3.60. The summed E-state index contributed by atoms with van der Waals surface area (Å²) in [6.45, 7) is 3.83. The summed E-state index contributed by atoms with van der Waals surface area (Å²) in [5.41, 5.74) is 3.33. The fraction of sp³-hybridized carbons (Fsp3) is 0.167. The van der Waals surface area contributed by atoms with Crippen molar-refractivity contribution in [2.75, 3.05) is 11.6 Å². The van der Waals surface area contributed by atoms with E-state index in [-0.39, 0.29) is 11.9 Å². The predicted octanol–water partition coefficient (Wildman–Crippen LogP) is 4.33. The first-order valence-corrected chi connectivity index (χ1v) is 8.66. The molecule has 6 heteroatoms. The molecule has 3 aromatic rings. The summed E-state index contributed by atoms with van der Waals surface area (Å²) in [5, 5.41) is 10.6. The smallest absolute Gasteiger partial charge is 0.322 e. The SMILES string of the molecule is CSc1cccc(-c2nnc(NC(=O)c3cc(C)ccc3C)o2)c1. The molecule has 0 radical (unpaired) electrons. The maximum absolute atomic E-state index is 12.4. The number of rotatable bonds is 4. The number of benzene rings is 2. The lowest BCUT2D eigenvalue weighted by atomic mass is 10.1. The van der Waals surface area contributed by atoms with Crippen LogP contribution >= 0.6 is 11.8 Å². The molecule has 0 aliphatic carbocycles. The standard InChI is InChI=1S/C18H17N3O2S/c1-11-7-8-12(2)15(9-11)16(22)19-18-21-20-17(23-18)13-5-4-6-14(10-13)24-3/h4-10H,1-3H3,(H,19,21,22). The molecule has 1 N–H and O–H groups in total. The van der Waals surface area contributed by atoms with Gasteiger partial charge in [0.25, 0.3) is 5.91 Å². The van der Waals surface area contributed by atoms with E-state index in [1.165, 1.54) is 0 Å². The Balaban J connectivity index is 1.81. The molecule has 1 aromatic heterocycles. The topological polar surface area (TPSA) is 68.0 Å². The van der Waals surface area contributed by atoms with Gasteiger partial charge in [-0.3, -0.25) is 10.1 Å². The molecule has 0 unspecified atom stereocenters. The highest BCUT2D eigenvalue weighted by Gasteiger charge is 2.14. The van der Waals surface area contributed by atoms with E-state index in [0.29, 0.717) is 11.5 Å². The number of aryl methyl sites for hydroxylation is 2. The molecular formula is C18H17N3O2S. The average molecular weight is 339 g/mol. The lowest BCUT2D eigenvalue weighted by Gasteiger charge is -2.05. The molecule has 0 saturated carbocycles. The summed E-state index contributed by atoms with van der Waals surface area (Å²) in [4.78, 5) is 13.5. The van der Waals surface area contributed by atoms with Gasteiger partial charge in [0.2, 0.25) is 5.89 Å². The number of carbonyl (C=O) groups is 1. The van der Waals surface area contributed by atoms with Gasteiger partial charge < -0.3 is 4.42 Å². The molecule has 1 amide bonds. The molecule has 0 atom stereocenters. The van der Waals surface area contributed by atoms with Crippen LogP contribution < -0.4 is 5.32 Å². The quantitative estimate of drug-likeness (QED) is 0.717. The van der Waals surface area contributed by atoms with Crippen LogP contribution in [0.5, 0.6) is 0 Å². The minimum Gasteiger partial charge on any atom is -0.403 e. The largest absolute Gasteiger partial charge is 0.403 e. The highest BCUT2D eigenvalue weighted by molar-refractivity contribution is 7.98. The molecule has 24 heavy (non-hydrogen) atoms. The number of amides is 1. The predicted molar refractivity (Wildman–Crippen MR) is 95.4 cm³/mol. The van der Waals surface area contributed by atoms with Crippen LogP contribution in [0.4, 0.5) is 6.01 Å². The molecular weight excluding hydrogens is 322 g/mol. The van der Waals surface area contributed by atoms with E-state index >= 15 is 0 Å². The third-order valence-corrected chi connectivity index (χ3v) is 4.33. The van der Waals surface area contributed by atoms with Crippen LogP contribution in [0.15, 0.2) is 51.8 Å². The molecule has 3 rings (SSSR count). The molecule has 122 valence electrons.